The van der Waals surface area contributed by atoms with Crippen LogP contribution in [0.5, 0.6) is 0 Å². The van der Waals surface area contributed by atoms with Gasteiger partial charge in [-0.05, 0) is 25.7 Å². The average Bonchev–Trinajstić information content (AvgIpc) is 2.76. The molecular formula is C13H21NO4S. The molecule has 0 bridgehead atoms. The zero-order chi connectivity index (χ0) is 14.0. The molecule has 6 heteroatoms. The third kappa shape index (κ3) is 3.55. The van der Waals surface area contributed by atoms with Gasteiger partial charge in [-0.2, -0.15) is 0 Å². The van der Waals surface area contributed by atoms with Crippen LogP contribution in [0.2, 0.25) is 0 Å². The molecule has 5 nitrogen and oxygen atoms in total. The lowest BCUT2D eigenvalue weighted by Crippen LogP contribution is -2.45. The van der Waals surface area contributed by atoms with E-state index in [4.69, 9.17) is 0 Å². The van der Waals surface area contributed by atoms with Gasteiger partial charge in [0, 0.05) is 31.2 Å². The monoisotopic (exact) mass is 287 g/mol. The molecule has 0 aromatic carbocycles. The highest BCUT2D eigenvalue weighted by atomic mass is 32.2. The number of rotatable bonds is 3. The van der Waals surface area contributed by atoms with Gasteiger partial charge in [0.1, 0.15) is 11.5 Å². The third-order valence-electron chi connectivity index (χ3n) is 4.07. The molecule has 0 spiro atoms. The lowest BCUT2D eigenvalue weighted by Gasteiger charge is -2.33. The van der Waals surface area contributed by atoms with E-state index in [-0.39, 0.29) is 23.7 Å². The molecule has 0 radical (unpaired) electrons. The van der Waals surface area contributed by atoms with Gasteiger partial charge in [0.15, 0.2) is 9.84 Å². The van der Waals surface area contributed by atoms with Crippen molar-refractivity contribution in [2.75, 3.05) is 18.6 Å². The molecule has 1 saturated heterocycles. The Morgan fingerprint density at radius 1 is 1.26 bits per heavy atom. The van der Waals surface area contributed by atoms with Crippen molar-refractivity contribution in [2.24, 2.45) is 5.92 Å². The van der Waals surface area contributed by atoms with Crippen LogP contribution >= 0.6 is 0 Å². The van der Waals surface area contributed by atoms with E-state index in [1.807, 2.05) is 0 Å². The van der Waals surface area contributed by atoms with Crippen LogP contribution in [-0.4, -0.2) is 49.6 Å². The molecule has 0 aromatic rings. The number of amides is 1. The van der Waals surface area contributed by atoms with Gasteiger partial charge in [0.2, 0.25) is 5.91 Å². The summed E-state index contributed by atoms with van der Waals surface area (Å²) in [5.74, 6) is -0.608. The van der Waals surface area contributed by atoms with E-state index in [1.165, 1.54) is 0 Å². The van der Waals surface area contributed by atoms with Crippen molar-refractivity contribution in [1.29, 1.82) is 0 Å². The van der Waals surface area contributed by atoms with Crippen LogP contribution in [0.4, 0.5) is 0 Å². The van der Waals surface area contributed by atoms with Gasteiger partial charge in [-0.25, -0.2) is 8.42 Å². The summed E-state index contributed by atoms with van der Waals surface area (Å²) >= 11 is 0. The lowest BCUT2D eigenvalue weighted by molar-refractivity contribution is -0.133. The molecule has 2 fully saturated rings. The molecule has 1 aliphatic heterocycles. The standard InChI is InChI=1S/C13H21NO4S/c1-19(17,18)9-13(16)14-8-4-6-11(14)10-5-2-3-7-12(10)15/h10-11H,2-9H2,1H3. The number of carbonyl (C=O) groups excluding carboxylic acids is 2. The molecule has 0 aromatic heterocycles. The van der Waals surface area contributed by atoms with E-state index in [2.05, 4.69) is 0 Å². The Hall–Kier alpha value is -0.910. The number of likely N-dealkylation sites (tertiary alicyclic amines) is 1. The minimum Gasteiger partial charge on any atom is -0.338 e. The van der Waals surface area contributed by atoms with Crippen LogP contribution in [-0.2, 0) is 19.4 Å². The summed E-state index contributed by atoms with van der Waals surface area (Å²) in [6, 6.07) is -0.0675. The number of hydrogen-bond acceptors (Lipinski definition) is 4. The maximum absolute atomic E-state index is 12.1. The number of carbonyl (C=O) groups is 2. The second-order valence-corrected chi connectivity index (χ2v) is 7.83. The number of nitrogens with zero attached hydrogens (tertiary/aromatic N) is 1. The lowest BCUT2D eigenvalue weighted by atomic mass is 9.82. The van der Waals surface area contributed by atoms with Crippen LogP contribution in [0, 0.1) is 5.92 Å². The fourth-order valence-corrected chi connectivity index (χ4v) is 3.86. The molecule has 108 valence electrons. The molecule has 1 amide bonds. The Morgan fingerprint density at radius 3 is 2.63 bits per heavy atom. The summed E-state index contributed by atoms with van der Waals surface area (Å²) in [6.07, 6.45) is 6.18. The van der Waals surface area contributed by atoms with E-state index < -0.39 is 15.6 Å². The van der Waals surface area contributed by atoms with Crippen LogP contribution in [0.25, 0.3) is 0 Å². The Morgan fingerprint density at radius 2 is 2.00 bits per heavy atom. The van der Waals surface area contributed by atoms with Gasteiger partial charge in [-0.15, -0.1) is 0 Å². The first-order valence-corrected chi connectivity index (χ1v) is 8.94. The summed E-state index contributed by atoms with van der Waals surface area (Å²) in [4.78, 5) is 25.7. The van der Waals surface area contributed by atoms with Gasteiger partial charge < -0.3 is 4.90 Å². The van der Waals surface area contributed by atoms with Crippen molar-refractivity contribution in [3.05, 3.63) is 0 Å². The Kier molecular flexibility index (Phi) is 4.28. The zero-order valence-corrected chi connectivity index (χ0v) is 12.1. The van der Waals surface area contributed by atoms with Crippen LogP contribution in [0.15, 0.2) is 0 Å². The minimum absolute atomic E-state index is 0.0675. The summed E-state index contributed by atoms with van der Waals surface area (Å²) in [6.45, 7) is 0.586. The molecular weight excluding hydrogens is 266 g/mol. The third-order valence-corrected chi connectivity index (χ3v) is 4.84. The van der Waals surface area contributed by atoms with Crippen molar-refractivity contribution < 1.29 is 18.0 Å². The summed E-state index contributed by atoms with van der Waals surface area (Å²) < 4.78 is 22.5. The second-order valence-electron chi connectivity index (χ2n) is 5.69. The first-order valence-electron chi connectivity index (χ1n) is 6.88. The number of sulfone groups is 1. The largest absolute Gasteiger partial charge is 0.338 e. The highest BCUT2D eigenvalue weighted by molar-refractivity contribution is 7.91. The molecule has 1 heterocycles. The average molecular weight is 287 g/mol. The minimum atomic E-state index is -3.30. The van der Waals surface area contributed by atoms with Crippen LogP contribution < -0.4 is 0 Å². The number of Topliss-reactive ketones (excluding diaryl/α,β-unsaturated/α-hetero) is 1. The molecule has 2 aliphatic rings. The molecule has 2 unspecified atom stereocenters. The maximum Gasteiger partial charge on any atom is 0.238 e. The van der Waals surface area contributed by atoms with E-state index >= 15 is 0 Å². The number of hydrogen-bond donors (Lipinski definition) is 0. The SMILES string of the molecule is CS(=O)(=O)CC(=O)N1CCCC1C1CCCCC1=O. The van der Waals surface area contributed by atoms with E-state index in [1.54, 1.807) is 4.90 Å². The normalized spacial score (nSPS) is 28.7. The molecule has 2 atom stereocenters. The molecule has 2 rings (SSSR count). The van der Waals surface area contributed by atoms with E-state index in [0.29, 0.717) is 13.0 Å². The summed E-state index contributed by atoms with van der Waals surface area (Å²) in [7, 11) is -3.30. The van der Waals surface area contributed by atoms with E-state index in [9.17, 15) is 18.0 Å². The highest BCUT2D eigenvalue weighted by Crippen LogP contribution is 2.32. The second kappa shape index (κ2) is 5.61. The van der Waals surface area contributed by atoms with E-state index in [0.717, 1.165) is 38.4 Å². The number of ketones is 1. The fourth-order valence-electron chi connectivity index (χ4n) is 3.24. The Bertz CT molecular complexity index is 471. The fraction of sp³-hybridized carbons (Fsp3) is 0.846. The first kappa shape index (κ1) is 14.5. The van der Waals surface area contributed by atoms with Crippen molar-refractivity contribution in [3.63, 3.8) is 0 Å². The van der Waals surface area contributed by atoms with Crippen LogP contribution in [0.1, 0.15) is 38.5 Å². The van der Waals surface area contributed by atoms with Gasteiger partial charge in [-0.3, -0.25) is 9.59 Å². The molecule has 1 saturated carbocycles. The Balaban J connectivity index is 2.08. The summed E-state index contributed by atoms with van der Waals surface area (Å²) in [5.41, 5.74) is 0. The van der Waals surface area contributed by atoms with Crippen molar-refractivity contribution in [3.8, 4) is 0 Å². The predicted molar refractivity (Wildman–Crippen MR) is 71.4 cm³/mol. The Labute approximate surface area is 114 Å². The highest BCUT2D eigenvalue weighted by Gasteiger charge is 2.39. The molecule has 0 N–H and O–H groups in total. The van der Waals surface area contributed by atoms with Crippen molar-refractivity contribution >= 4 is 21.5 Å². The van der Waals surface area contributed by atoms with Gasteiger partial charge >= 0.3 is 0 Å². The van der Waals surface area contributed by atoms with Crippen LogP contribution in [0.3, 0.4) is 0 Å². The van der Waals surface area contributed by atoms with Crippen molar-refractivity contribution in [2.45, 2.75) is 44.6 Å². The quantitative estimate of drug-likeness (QED) is 0.769. The predicted octanol–water partition coefficient (Wildman–Crippen LogP) is 0.781. The smallest absolute Gasteiger partial charge is 0.238 e. The molecule has 1 aliphatic carbocycles. The maximum atomic E-state index is 12.1. The van der Waals surface area contributed by atoms with Gasteiger partial charge in [0.05, 0.1) is 0 Å². The zero-order valence-electron chi connectivity index (χ0n) is 11.3. The van der Waals surface area contributed by atoms with Gasteiger partial charge in [-0.1, -0.05) is 6.42 Å². The summed E-state index contributed by atoms with van der Waals surface area (Å²) in [5, 5.41) is 0. The van der Waals surface area contributed by atoms with Crippen molar-refractivity contribution in [1.82, 2.24) is 4.90 Å². The topological polar surface area (TPSA) is 71.5 Å². The van der Waals surface area contributed by atoms with Gasteiger partial charge in [0.25, 0.3) is 0 Å². The first-order chi connectivity index (χ1) is 8.88. The molecule has 19 heavy (non-hydrogen) atoms.